The molecule has 0 radical (unpaired) electrons. The fourth-order valence-corrected chi connectivity index (χ4v) is 3.97. The molecule has 0 saturated carbocycles. The number of halogens is 2. The van der Waals surface area contributed by atoms with E-state index in [2.05, 4.69) is 10.0 Å². The van der Waals surface area contributed by atoms with Crippen LogP contribution in [0.25, 0.3) is 0 Å². The van der Waals surface area contributed by atoms with Crippen molar-refractivity contribution < 1.29 is 26.7 Å². The van der Waals surface area contributed by atoms with Crippen molar-refractivity contribution in [1.82, 2.24) is 4.72 Å². The van der Waals surface area contributed by atoms with Crippen molar-refractivity contribution in [2.45, 2.75) is 24.3 Å². The number of ether oxygens (including phenoxy) is 1. The maximum atomic E-state index is 14.1. The van der Waals surface area contributed by atoms with Gasteiger partial charge < -0.3 is 10.1 Å². The van der Waals surface area contributed by atoms with Crippen LogP contribution in [-0.4, -0.2) is 33.6 Å². The second kappa shape index (κ2) is 7.71. The van der Waals surface area contributed by atoms with Crippen molar-refractivity contribution in [2.75, 3.05) is 18.5 Å². The Morgan fingerprint density at radius 2 is 2.00 bits per heavy atom. The lowest BCUT2D eigenvalue weighted by atomic mass is 10.1. The van der Waals surface area contributed by atoms with E-state index in [1.54, 1.807) is 0 Å². The molecule has 27 heavy (non-hydrogen) atoms. The van der Waals surface area contributed by atoms with Gasteiger partial charge in [-0.2, -0.15) is 0 Å². The zero-order valence-electron chi connectivity index (χ0n) is 14.5. The minimum Gasteiger partial charge on any atom is -0.380 e. The Morgan fingerprint density at radius 1 is 1.22 bits per heavy atom. The first-order valence-electron chi connectivity index (χ1n) is 8.24. The Bertz CT molecular complexity index is 973. The number of carbonyl (C=O) groups is 1. The van der Waals surface area contributed by atoms with Gasteiger partial charge in [-0.1, -0.05) is 6.07 Å². The van der Waals surface area contributed by atoms with Gasteiger partial charge in [0.2, 0.25) is 10.0 Å². The average molecular weight is 396 g/mol. The third-order valence-electron chi connectivity index (χ3n) is 4.23. The van der Waals surface area contributed by atoms with Gasteiger partial charge in [-0.3, -0.25) is 4.79 Å². The first kappa shape index (κ1) is 19.4. The second-order valence-corrected chi connectivity index (χ2v) is 7.91. The third-order valence-corrected chi connectivity index (χ3v) is 5.74. The summed E-state index contributed by atoms with van der Waals surface area (Å²) in [5, 5.41) is 2.33. The van der Waals surface area contributed by atoms with Crippen LogP contribution in [0.4, 0.5) is 14.5 Å². The zero-order valence-corrected chi connectivity index (χ0v) is 15.3. The molecule has 144 valence electrons. The van der Waals surface area contributed by atoms with E-state index >= 15 is 0 Å². The summed E-state index contributed by atoms with van der Waals surface area (Å²) >= 11 is 0. The highest BCUT2D eigenvalue weighted by Gasteiger charge is 2.24. The smallest absolute Gasteiger partial charge is 0.255 e. The van der Waals surface area contributed by atoms with Gasteiger partial charge >= 0.3 is 0 Å². The molecule has 1 aliphatic rings. The van der Waals surface area contributed by atoms with Crippen molar-refractivity contribution in [3.63, 3.8) is 0 Å². The van der Waals surface area contributed by atoms with Crippen molar-refractivity contribution in [1.29, 1.82) is 0 Å². The van der Waals surface area contributed by atoms with Crippen LogP contribution in [0.2, 0.25) is 0 Å². The molecule has 0 aliphatic carbocycles. The fraction of sp³-hybridized carbons (Fsp3) is 0.278. The van der Waals surface area contributed by atoms with E-state index in [1.807, 2.05) is 0 Å². The van der Waals surface area contributed by atoms with Gasteiger partial charge in [0, 0.05) is 23.8 Å². The van der Waals surface area contributed by atoms with Gasteiger partial charge in [0.1, 0.15) is 5.82 Å². The average Bonchev–Trinajstić information content (AvgIpc) is 3.14. The number of sulfonamides is 1. The predicted molar refractivity (Wildman–Crippen MR) is 95.0 cm³/mol. The Balaban J connectivity index is 1.80. The van der Waals surface area contributed by atoms with Gasteiger partial charge in [-0.25, -0.2) is 21.9 Å². The van der Waals surface area contributed by atoms with Crippen molar-refractivity contribution in [2.24, 2.45) is 0 Å². The highest BCUT2D eigenvalue weighted by molar-refractivity contribution is 7.89. The first-order chi connectivity index (χ1) is 12.8. The van der Waals surface area contributed by atoms with Crippen LogP contribution in [0, 0.1) is 18.6 Å². The number of benzene rings is 2. The number of hydrogen-bond acceptors (Lipinski definition) is 4. The molecular formula is C18H18F2N2O4S. The van der Waals surface area contributed by atoms with E-state index in [-0.39, 0.29) is 27.8 Å². The number of carbonyl (C=O) groups excluding carboxylic acids is 1. The van der Waals surface area contributed by atoms with E-state index < -0.39 is 27.6 Å². The van der Waals surface area contributed by atoms with Crippen LogP contribution in [0.15, 0.2) is 41.3 Å². The number of amides is 1. The maximum absolute atomic E-state index is 14.1. The molecule has 2 N–H and O–H groups in total. The summed E-state index contributed by atoms with van der Waals surface area (Å²) in [5.41, 5.74) is -0.373. The molecule has 1 aliphatic heterocycles. The van der Waals surface area contributed by atoms with E-state index in [0.717, 1.165) is 12.1 Å². The largest absolute Gasteiger partial charge is 0.380 e. The van der Waals surface area contributed by atoms with Crippen LogP contribution >= 0.6 is 0 Å². The van der Waals surface area contributed by atoms with Crippen LogP contribution in [0.1, 0.15) is 22.3 Å². The van der Waals surface area contributed by atoms with Crippen LogP contribution in [-0.2, 0) is 14.8 Å². The topological polar surface area (TPSA) is 84.5 Å². The van der Waals surface area contributed by atoms with Gasteiger partial charge in [0.15, 0.2) is 5.82 Å². The molecule has 0 bridgehead atoms. The zero-order chi connectivity index (χ0) is 19.6. The Kier molecular flexibility index (Phi) is 5.54. The third kappa shape index (κ3) is 4.32. The fourth-order valence-electron chi connectivity index (χ4n) is 2.67. The van der Waals surface area contributed by atoms with Gasteiger partial charge in [-0.05, 0) is 43.7 Å². The van der Waals surface area contributed by atoms with Crippen molar-refractivity contribution >= 4 is 21.6 Å². The summed E-state index contributed by atoms with van der Waals surface area (Å²) in [6.07, 6.45) is 0.572. The Labute approximate surface area is 155 Å². The lowest BCUT2D eigenvalue weighted by Crippen LogP contribution is -2.35. The van der Waals surface area contributed by atoms with Gasteiger partial charge in [-0.15, -0.1) is 0 Å². The monoisotopic (exact) mass is 396 g/mol. The van der Waals surface area contributed by atoms with E-state index in [1.165, 1.54) is 31.2 Å². The molecule has 6 nitrogen and oxygen atoms in total. The number of anilines is 1. The Morgan fingerprint density at radius 3 is 2.70 bits per heavy atom. The molecule has 3 rings (SSSR count). The van der Waals surface area contributed by atoms with E-state index in [4.69, 9.17) is 4.74 Å². The Hall–Kier alpha value is -2.36. The van der Waals surface area contributed by atoms with Crippen LogP contribution in [0.3, 0.4) is 0 Å². The molecule has 0 unspecified atom stereocenters. The molecule has 1 saturated heterocycles. The second-order valence-electron chi connectivity index (χ2n) is 6.20. The lowest BCUT2D eigenvalue weighted by molar-refractivity contribution is 0.102. The first-order valence-corrected chi connectivity index (χ1v) is 9.72. The highest BCUT2D eigenvalue weighted by atomic mass is 32.2. The molecular weight excluding hydrogens is 378 g/mol. The summed E-state index contributed by atoms with van der Waals surface area (Å²) in [6, 6.07) is 7.21. The molecule has 1 amide bonds. The predicted octanol–water partition coefficient (Wildman–Crippen LogP) is 2.59. The van der Waals surface area contributed by atoms with Crippen molar-refractivity contribution in [3.8, 4) is 0 Å². The van der Waals surface area contributed by atoms with E-state index in [9.17, 15) is 22.0 Å². The van der Waals surface area contributed by atoms with Crippen LogP contribution < -0.4 is 10.0 Å². The quantitative estimate of drug-likeness (QED) is 0.814. The summed E-state index contributed by atoms with van der Waals surface area (Å²) in [6.45, 7) is 2.03. The summed E-state index contributed by atoms with van der Waals surface area (Å²) in [5.74, 6) is -2.31. The number of hydrogen-bond donors (Lipinski definition) is 2. The molecule has 0 aromatic heterocycles. The highest BCUT2D eigenvalue weighted by Crippen LogP contribution is 2.21. The molecule has 2 aromatic rings. The normalized spacial score (nSPS) is 17.1. The minimum absolute atomic E-state index is 0.0296. The summed E-state index contributed by atoms with van der Waals surface area (Å²) in [7, 11) is -3.83. The van der Waals surface area contributed by atoms with Crippen LogP contribution in [0.5, 0.6) is 0 Å². The van der Waals surface area contributed by atoms with E-state index in [0.29, 0.717) is 19.6 Å². The summed E-state index contributed by atoms with van der Waals surface area (Å²) in [4.78, 5) is 12.3. The van der Waals surface area contributed by atoms with Crippen molar-refractivity contribution in [3.05, 3.63) is 59.2 Å². The van der Waals surface area contributed by atoms with Gasteiger partial charge in [0.25, 0.3) is 5.91 Å². The standard InChI is InChI=1S/C18H18F2N2O4S/c1-11-15(19)5-6-16(17(11)20)21-18(23)12-3-2-4-14(9-12)27(24,25)22-13-7-8-26-10-13/h2-6,9,13,22H,7-8,10H2,1H3,(H,21,23)/t13-/m0/s1. The molecule has 1 fully saturated rings. The lowest BCUT2D eigenvalue weighted by Gasteiger charge is -2.13. The molecule has 1 heterocycles. The molecule has 0 spiro atoms. The number of rotatable bonds is 5. The summed E-state index contributed by atoms with van der Waals surface area (Å²) < 4.78 is 60.0. The molecule has 9 heteroatoms. The molecule has 2 aromatic carbocycles. The van der Waals surface area contributed by atoms with Gasteiger partial charge in [0.05, 0.1) is 17.2 Å². The maximum Gasteiger partial charge on any atom is 0.255 e. The molecule has 1 atom stereocenters. The number of nitrogens with one attached hydrogen (secondary N) is 2. The minimum atomic E-state index is -3.83. The SMILES string of the molecule is Cc1c(F)ccc(NC(=O)c2cccc(S(=O)(=O)N[C@H]3CCOC3)c2)c1F.